The average Bonchev–Trinajstić information content (AvgIpc) is 3.35. The van der Waals surface area contributed by atoms with Crippen LogP contribution in [-0.2, 0) is 10.0 Å². The molecule has 0 aliphatic heterocycles. The summed E-state index contributed by atoms with van der Waals surface area (Å²) in [4.78, 5) is 4.46. The third kappa shape index (κ3) is 3.48. The highest BCUT2D eigenvalue weighted by Crippen LogP contribution is 2.40. The summed E-state index contributed by atoms with van der Waals surface area (Å²) in [6, 6.07) is 11.6. The molecule has 1 heterocycles. The van der Waals surface area contributed by atoms with Crippen molar-refractivity contribution in [2.24, 2.45) is 0 Å². The van der Waals surface area contributed by atoms with Crippen LogP contribution in [0.1, 0.15) is 30.2 Å². The first-order valence-corrected chi connectivity index (χ1v) is 10.1. The van der Waals surface area contributed by atoms with Crippen LogP contribution in [0.25, 0.3) is 11.3 Å². The van der Waals surface area contributed by atoms with E-state index in [1.807, 2.05) is 6.92 Å². The Morgan fingerprint density at radius 2 is 1.88 bits per heavy atom. The molecule has 0 unspecified atom stereocenters. The molecule has 134 valence electrons. The van der Waals surface area contributed by atoms with Crippen molar-refractivity contribution in [1.29, 1.82) is 0 Å². The fourth-order valence-corrected chi connectivity index (χ4v) is 3.94. The number of anilines is 1. The monoisotopic (exact) mass is 388 g/mol. The second-order valence-corrected chi connectivity index (χ2v) is 8.54. The topological polar surface area (TPSA) is 72.2 Å². The number of rotatable bonds is 5. The van der Waals surface area contributed by atoms with Gasteiger partial charge in [-0.3, -0.25) is 4.72 Å². The number of hydrogen-bond donors (Lipinski definition) is 1. The minimum absolute atomic E-state index is 0.169. The zero-order valence-electron chi connectivity index (χ0n) is 14.1. The second kappa shape index (κ2) is 6.45. The van der Waals surface area contributed by atoms with Gasteiger partial charge in [-0.05, 0) is 61.7 Å². The molecule has 0 spiro atoms. The number of halogens is 1. The van der Waals surface area contributed by atoms with E-state index in [1.165, 1.54) is 0 Å². The van der Waals surface area contributed by atoms with Gasteiger partial charge in [-0.2, -0.15) is 0 Å². The predicted molar refractivity (Wildman–Crippen MR) is 101 cm³/mol. The van der Waals surface area contributed by atoms with Gasteiger partial charge in [0.2, 0.25) is 0 Å². The number of sulfonamides is 1. The Hall–Kier alpha value is -2.31. The van der Waals surface area contributed by atoms with Crippen molar-refractivity contribution < 1.29 is 12.8 Å². The zero-order valence-corrected chi connectivity index (χ0v) is 15.6. The molecule has 0 radical (unpaired) electrons. The van der Waals surface area contributed by atoms with E-state index < -0.39 is 10.0 Å². The van der Waals surface area contributed by atoms with Crippen molar-refractivity contribution in [1.82, 2.24) is 4.98 Å². The third-order valence-corrected chi connectivity index (χ3v) is 5.96. The number of nitrogens with one attached hydrogen (secondary N) is 1. The smallest absolute Gasteiger partial charge is 0.261 e. The maximum atomic E-state index is 12.6. The Balaban J connectivity index is 1.57. The third-order valence-electron chi connectivity index (χ3n) is 4.34. The SMILES string of the molecule is Cc1ccc(Cl)cc1NS(=O)(=O)c1ccc(-c2cnc(C3CC3)o2)cc1. The molecular weight excluding hydrogens is 372 g/mol. The first kappa shape index (κ1) is 17.1. The molecular formula is C19H17ClN2O3S. The van der Waals surface area contributed by atoms with Gasteiger partial charge in [-0.15, -0.1) is 0 Å². The molecule has 1 saturated carbocycles. The predicted octanol–water partition coefficient (Wildman–Crippen LogP) is 4.98. The van der Waals surface area contributed by atoms with Gasteiger partial charge >= 0.3 is 0 Å². The molecule has 0 amide bonds. The van der Waals surface area contributed by atoms with Crippen molar-refractivity contribution in [3.8, 4) is 11.3 Å². The average molecular weight is 389 g/mol. The van der Waals surface area contributed by atoms with E-state index in [-0.39, 0.29) is 4.90 Å². The quantitative estimate of drug-likeness (QED) is 0.668. The van der Waals surface area contributed by atoms with Crippen molar-refractivity contribution in [3.63, 3.8) is 0 Å². The van der Waals surface area contributed by atoms with E-state index in [4.69, 9.17) is 16.0 Å². The van der Waals surface area contributed by atoms with Crippen LogP contribution in [0.4, 0.5) is 5.69 Å². The Morgan fingerprint density at radius 3 is 2.58 bits per heavy atom. The molecule has 26 heavy (non-hydrogen) atoms. The molecule has 1 aliphatic carbocycles. The second-order valence-electron chi connectivity index (χ2n) is 6.43. The van der Waals surface area contributed by atoms with Gasteiger partial charge in [0, 0.05) is 16.5 Å². The van der Waals surface area contributed by atoms with E-state index >= 15 is 0 Å². The molecule has 0 saturated heterocycles. The van der Waals surface area contributed by atoms with Gasteiger partial charge < -0.3 is 4.42 Å². The van der Waals surface area contributed by atoms with Crippen molar-refractivity contribution >= 4 is 27.3 Å². The number of aryl methyl sites for hydroxylation is 1. The molecule has 1 fully saturated rings. The largest absolute Gasteiger partial charge is 0.440 e. The Kier molecular flexibility index (Phi) is 4.25. The Labute approximate surface area is 157 Å². The lowest BCUT2D eigenvalue weighted by atomic mass is 10.2. The fourth-order valence-electron chi connectivity index (χ4n) is 2.65. The highest BCUT2D eigenvalue weighted by Gasteiger charge is 2.28. The maximum absolute atomic E-state index is 12.6. The van der Waals surface area contributed by atoms with Gasteiger partial charge in [0.05, 0.1) is 16.8 Å². The number of oxazole rings is 1. The summed E-state index contributed by atoms with van der Waals surface area (Å²) in [5, 5.41) is 0.473. The van der Waals surface area contributed by atoms with Crippen LogP contribution in [-0.4, -0.2) is 13.4 Å². The summed E-state index contributed by atoms with van der Waals surface area (Å²) in [7, 11) is -3.70. The van der Waals surface area contributed by atoms with E-state index in [0.717, 1.165) is 29.9 Å². The summed E-state index contributed by atoms with van der Waals surface area (Å²) in [5.41, 5.74) is 2.05. The normalized spacial score (nSPS) is 14.4. The number of aromatic nitrogens is 1. The molecule has 0 atom stereocenters. The van der Waals surface area contributed by atoms with Crippen molar-refractivity contribution in [2.75, 3.05) is 4.72 Å². The van der Waals surface area contributed by atoms with Crippen LogP contribution in [0.5, 0.6) is 0 Å². The molecule has 3 aromatic rings. The van der Waals surface area contributed by atoms with Gasteiger partial charge in [-0.25, -0.2) is 13.4 Å². The lowest BCUT2D eigenvalue weighted by Crippen LogP contribution is -2.13. The van der Waals surface area contributed by atoms with Crippen molar-refractivity contribution in [3.05, 3.63) is 65.1 Å². The first-order chi connectivity index (χ1) is 12.4. The molecule has 7 heteroatoms. The standard InChI is InChI=1S/C19H17ClN2O3S/c1-12-2-7-15(20)10-17(12)22-26(23,24)16-8-5-13(6-9-16)18-11-21-19(25-18)14-3-4-14/h2,5-11,14,22H,3-4H2,1H3. The van der Waals surface area contributed by atoms with E-state index in [0.29, 0.717) is 22.4 Å². The highest BCUT2D eigenvalue weighted by molar-refractivity contribution is 7.92. The molecule has 4 rings (SSSR count). The number of benzene rings is 2. The zero-order chi connectivity index (χ0) is 18.3. The summed E-state index contributed by atoms with van der Waals surface area (Å²) >= 11 is 5.96. The molecule has 1 aliphatic rings. The number of hydrogen-bond acceptors (Lipinski definition) is 4. The summed E-state index contributed by atoms with van der Waals surface area (Å²) < 4.78 is 33.6. The molecule has 2 aromatic carbocycles. The van der Waals surface area contributed by atoms with Gasteiger partial charge in [0.25, 0.3) is 10.0 Å². The van der Waals surface area contributed by atoms with Gasteiger partial charge in [0.15, 0.2) is 11.7 Å². The van der Waals surface area contributed by atoms with Crippen LogP contribution < -0.4 is 4.72 Å². The van der Waals surface area contributed by atoms with Gasteiger partial charge in [-0.1, -0.05) is 17.7 Å². The Bertz CT molecular complexity index is 1050. The molecule has 0 bridgehead atoms. The number of nitrogens with zero attached hydrogens (tertiary/aromatic N) is 1. The molecule has 1 N–H and O–H groups in total. The first-order valence-electron chi connectivity index (χ1n) is 8.27. The molecule has 5 nitrogen and oxygen atoms in total. The highest BCUT2D eigenvalue weighted by atomic mass is 35.5. The summed E-state index contributed by atoms with van der Waals surface area (Å²) in [5.74, 6) is 1.85. The minimum atomic E-state index is -3.70. The lowest BCUT2D eigenvalue weighted by molar-refractivity contribution is 0.509. The van der Waals surface area contributed by atoms with Crippen LogP contribution in [0.3, 0.4) is 0 Å². The van der Waals surface area contributed by atoms with Crippen LogP contribution in [0.15, 0.2) is 58.0 Å². The maximum Gasteiger partial charge on any atom is 0.261 e. The molecule has 1 aromatic heterocycles. The van der Waals surface area contributed by atoms with Crippen molar-refractivity contribution in [2.45, 2.75) is 30.6 Å². The van der Waals surface area contributed by atoms with Gasteiger partial charge in [0.1, 0.15) is 0 Å². The lowest BCUT2D eigenvalue weighted by Gasteiger charge is -2.11. The fraction of sp³-hybridized carbons (Fsp3) is 0.211. The van der Waals surface area contributed by atoms with E-state index in [1.54, 1.807) is 48.7 Å². The van der Waals surface area contributed by atoms with Crippen LogP contribution in [0.2, 0.25) is 5.02 Å². The van der Waals surface area contributed by atoms with E-state index in [2.05, 4.69) is 9.71 Å². The summed E-state index contributed by atoms with van der Waals surface area (Å²) in [6.07, 6.45) is 3.92. The van der Waals surface area contributed by atoms with Crippen LogP contribution in [0, 0.1) is 6.92 Å². The minimum Gasteiger partial charge on any atom is -0.440 e. The van der Waals surface area contributed by atoms with E-state index in [9.17, 15) is 8.42 Å². The summed E-state index contributed by atoms with van der Waals surface area (Å²) in [6.45, 7) is 1.82. The Morgan fingerprint density at radius 1 is 1.15 bits per heavy atom. The van der Waals surface area contributed by atoms with Crippen LogP contribution >= 0.6 is 11.6 Å².